The highest BCUT2D eigenvalue weighted by Crippen LogP contribution is 2.36. The van der Waals surface area contributed by atoms with Gasteiger partial charge in [0.05, 0.1) is 18.2 Å². The monoisotopic (exact) mass is 403 g/mol. The number of carbonyl (C=O) groups is 1. The first-order valence-electron chi connectivity index (χ1n) is 8.81. The van der Waals surface area contributed by atoms with Crippen molar-refractivity contribution in [3.8, 4) is 17.2 Å². The lowest BCUT2D eigenvalue weighted by molar-refractivity contribution is -0.137. The van der Waals surface area contributed by atoms with Crippen molar-refractivity contribution in [1.82, 2.24) is 10.1 Å². The van der Waals surface area contributed by atoms with Gasteiger partial charge in [0, 0.05) is 24.6 Å². The summed E-state index contributed by atoms with van der Waals surface area (Å²) in [7, 11) is 1.53. The maximum absolute atomic E-state index is 13.0. The highest BCUT2D eigenvalue weighted by molar-refractivity contribution is 5.96. The molecule has 0 aliphatic carbocycles. The lowest BCUT2D eigenvalue weighted by Gasteiger charge is -2.18. The molecular formula is C20H16F3N3O3. The Bertz CT molecular complexity index is 1050. The second-order valence-corrected chi connectivity index (χ2v) is 6.61. The van der Waals surface area contributed by atoms with Crippen LogP contribution in [0.5, 0.6) is 5.75 Å². The zero-order valence-electron chi connectivity index (χ0n) is 15.3. The molecule has 1 aromatic heterocycles. The second kappa shape index (κ2) is 7.23. The van der Waals surface area contributed by atoms with Crippen molar-refractivity contribution in [1.29, 1.82) is 0 Å². The van der Waals surface area contributed by atoms with E-state index in [1.165, 1.54) is 24.1 Å². The molecule has 1 fully saturated rings. The Morgan fingerprint density at radius 3 is 2.72 bits per heavy atom. The summed E-state index contributed by atoms with van der Waals surface area (Å²) in [6.07, 6.45) is -4.39. The number of hydrogen-bond acceptors (Lipinski definition) is 5. The Labute approximate surface area is 163 Å². The van der Waals surface area contributed by atoms with Crippen LogP contribution in [0.4, 0.5) is 18.9 Å². The predicted molar refractivity (Wildman–Crippen MR) is 97.4 cm³/mol. The number of ether oxygens (including phenoxy) is 1. The summed E-state index contributed by atoms with van der Waals surface area (Å²) in [6, 6.07) is 11.8. The lowest BCUT2D eigenvalue weighted by Crippen LogP contribution is -2.24. The first kappa shape index (κ1) is 19.0. The van der Waals surface area contributed by atoms with Gasteiger partial charge in [0.15, 0.2) is 5.82 Å². The third-order valence-electron chi connectivity index (χ3n) is 4.75. The number of alkyl halides is 3. The molecule has 0 saturated carbocycles. The van der Waals surface area contributed by atoms with Crippen molar-refractivity contribution < 1.29 is 27.2 Å². The minimum atomic E-state index is -4.48. The zero-order valence-corrected chi connectivity index (χ0v) is 15.3. The van der Waals surface area contributed by atoms with Gasteiger partial charge in [0.1, 0.15) is 5.75 Å². The number of carbonyl (C=O) groups excluding carboxylic acids is 1. The minimum Gasteiger partial charge on any atom is -0.496 e. The van der Waals surface area contributed by atoms with Gasteiger partial charge in [-0.2, -0.15) is 18.2 Å². The molecule has 9 heteroatoms. The molecule has 1 saturated heterocycles. The van der Waals surface area contributed by atoms with Gasteiger partial charge >= 0.3 is 6.18 Å². The first-order valence-corrected chi connectivity index (χ1v) is 8.81. The molecule has 1 amide bonds. The molecule has 4 rings (SSSR count). The molecule has 0 radical (unpaired) electrons. The van der Waals surface area contributed by atoms with Crippen LogP contribution >= 0.6 is 0 Å². The SMILES string of the molecule is COc1ccccc1-c1nc(C2CC(=O)N(c3cccc(C(F)(F)F)c3)C2)no1. The molecule has 1 unspecified atom stereocenters. The first-order chi connectivity index (χ1) is 13.9. The van der Waals surface area contributed by atoms with Crippen molar-refractivity contribution >= 4 is 11.6 Å². The number of rotatable bonds is 4. The third kappa shape index (κ3) is 3.67. The molecule has 0 bridgehead atoms. The fraction of sp³-hybridized carbons (Fsp3) is 0.250. The molecule has 6 nitrogen and oxygen atoms in total. The average molecular weight is 403 g/mol. The minimum absolute atomic E-state index is 0.0845. The summed E-state index contributed by atoms with van der Waals surface area (Å²) >= 11 is 0. The van der Waals surface area contributed by atoms with E-state index in [4.69, 9.17) is 9.26 Å². The topological polar surface area (TPSA) is 68.5 Å². The number of benzene rings is 2. The molecule has 29 heavy (non-hydrogen) atoms. The zero-order chi connectivity index (χ0) is 20.6. The van der Waals surface area contributed by atoms with E-state index in [0.717, 1.165) is 12.1 Å². The molecule has 150 valence electrons. The van der Waals surface area contributed by atoms with Crippen molar-refractivity contribution in [2.45, 2.75) is 18.5 Å². The fourth-order valence-corrected chi connectivity index (χ4v) is 3.31. The Morgan fingerprint density at radius 2 is 1.97 bits per heavy atom. The van der Waals surface area contributed by atoms with Gasteiger partial charge in [-0.15, -0.1) is 0 Å². The summed E-state index contributed by atoms with van der Waals surface area (Å²) in [4.78, 5) is 18.1. The van der Waals surface area contributed by atoms with E-state index in [9.17, 15) is 18.0 Å². The smallest absolute Gasteiger partial charge is 0.416 e. The summed E-state index contributed by atoms with van der Waals surface area (Å²) in [6.45, 7) is 0.172. The number of amides is 1. The number of halogens is 3. The number of hydrogen-bond donors (Lipinski definition) is 0. The number of nitrogens with zero attached hydrogens (tertiary/aromatic N) is 3. The van der Waals surface area contributed by atoms with Gasteiger partial charge in [-0.1, -0.05) is 23.4 Å². The van der Waals surface area contributed by atoms with E-state index in [2.05, 4.69) is 10.1 Å². The maximum Gasteiger partial charge on any atom is 0.416 e. The van der Waals surface area contributed by atoms with Crippen LogP contribution in [-0.4, -0.2) is 29.7 Å². The third-order valence-corrected chi connectivity index (χ3v) is 4.75. The fourth-order valence-electron chi connectivity index (χ4n) is 3.31. The van der Waals surface area contributed by atoms with Gasteiger partial charge in [0.2, 0.25) is 5.91 Å². The van der Waals surface area contributed by atoms with Gasteiger partial charge in [-0.05, 0) is 30.3 Å². The van der Waals surface area contributed by atoms with Crippen LogP contribution in [0.25, 0.3) is 11.5 Å². The lowest BCUT2D eigenvalue weighted by atomic mass is 10.1. The number of aromatic nitrogens is 2. The summed E-state index contributed by atoms with van der Waals surface area (Å²) in [5, 5.41) is 3.97. The van der Waals surface area contributed by atoms with E-state index >= 15 is 0 Å². The van der Waals surface area contributed by atoms with Gasteiger partial charge in [0.25, 0.3) is 5.89 Å². The summed E-state index contributed by atoms with van der Waals surface area (Å²) < 4.78 is 49.5. The largest absolute Gasteiger partial charge is 0.496 e. The molecule has 1 aliphatic rings. The summed E-state index contributed by atoms with van der Waals surface area (Å²) in [5.41, 5.74) is 0.0119. The maximum atomic E-state index is 13.0. The molecule has 3 aromatic rings. The van der Waals surface area contributed by atoms with E-state index in [1.54, 1.807) is 18.2 Å². The number of methoxy groups -OCH3 is 1. The Hall–Kier alpha value is -3.36. The predicted octanol–water partition coefficient (Wildman–Crippen LogP) is 4.28. The van der Waals surface area contributed by atoms with Crippen LogP contribution in [-0.2, 0) is 11.0 Å². The Balaban J connectivity index is 1.57. The quantitative estimate of drug-likeness (QED) is 0.650. The van der Waals surface area contributed by atoms with E-state index in [1.807, 2.05) is 6.07 Å². The van der Waals surface area contributed by atoms with Crippen molar-refractivity contribution in [2.24, 2.45) is 0 Å². The van der Waals surface area contributed by atoms with Gasteiger partial charge < -0.3 is 14.2 Å². The molecule has 1 atom stereocenters. The number of anilines is 1. The van der Waals surface area contributed by atoms with E-state index in [-0.39, 0.29) is 36.4 Å². The van der Waals surface area contributed by atoms with Crippen LogP contribution in [0.2, 0.25) is 0 Å². The molecule has 0 spiro atoms. The molecule has 2 heterocycles. The van der Waals surface area contributed by atoms with Crippen molar-refractivity contribution in [2.75, 3.05) is 18.6 Å². The van der Waals surface area contributed by atoms with E-state index in [0.29, 0.717) is 17.1 Å². The number of para-hydroxylation sites is 1. The standard InChI is InChI=1S/C20H16F3N3O3/c1-28-16-8-3-2-7-15(16)19-24-18(25-29-19)12-9-17(27)26(11-12)14-6-4-5-13(10-14)20(21,22)23/h2-8,10,12H,9,11H2,1H3. The molecule has 2 aromatic carbocycles. The van der Waals surface area contributed by atoms with Gasteiger partial charge in [-0.25, -0.2) is 0 Å². The normalized spacial score (nSPS) is 17.0. The molecule has 1 aliphatic heterocycles. The van der Waals surface area contributed by atoms with Crippen LogP contribution in [0.3, 0.4) is 0 Å². The van der Waals surface area contributed by atoms with Crippen LogP contribution in [0, 0.1) is 0 Å². The van der Waals surface area contributed by atoms with Gasteiger partial charge in [-0.3, -0.25) is 4.79 Å². The van der Waals surface area contributed by atoms with E-state index < -0.39 is 11.7 Å². The highest BCUT2D eigenvalue weighted by Gasteiger charge is 2.36. The Kier molecular flexibility index (Phi) is 4.73. The molecule has 0 N–H and O–H groups in total. The Morgan fingerprint density at radius 1 is 1.17 bits per heavy atom. The highest BCUT2D eigenvalue weighted by atomic mass is 19.4. The summed E-state index contributed by atoms with van der Waals surface area (Å²) in [5.74, 6) is 0.467. The molecular weight excluding hydrogens is 387 g/mol. The van der Waals surface area contributed by atoms with Crippen LogP contribution in [0.1, 0.15) is 23.7 Å². The van der Waals surface area contributed by atoms with Crippen molar-refractivity contribution in [3.05, 3.63) is 59.9 Å². The van der Waals surface area contributed by atoms with Crippen LogP contribution in [0.15, 0.2) is 53.1 Å². The second-order valence-electron chi connectivity index (χ2n) is 6.61. The van der Waals surface area contributed by atoms with Crippen LogP contribution < -0.4 is 9.64 Å². The van der Waals surface area contributed by atoms with Crippen molar-refractivity contribution in [3.63, 3.8) is 0 Å². The average Bonchev–Trinajstić information content (AvgIpc) is 3.34.